The average Bonchev–Trinajstić information content (AvgIpc) is 2.72. The van der Waals surface area contributed by atoms with Crippen LogP contribution in [0.1, 0.15) is 11.5 Å². The zero-order valence-corrected chi connectivity index (χ0v) is 8.06. The molecular weight excluding hydrogens is 182 g/mol. The molecule has 0 aliphatic heterocycles. The second-order valence-corrected chi connectivity index (χ2v) is 2.98. The van der Waals surface area contributed by atoms with Crippen LogP contribution in [-0.4, -0.2) is 19.9 Å². The van der Waals surface area contributed by atoms with Gasteiger partial charge in [-0.2, -0.15) is 10.1 Å². The first-order valence-corrected chi connectivity index (χ1v) is 4.27. The van der Waals surface area contributed by atoms with Crippen LogP contribution in [0, 0.1) is 6.92 Å². The van der Waals surface area contributed by atoms with Crippen molar-refractivity contribution in [3.63, 3.8) is 0 Å². The van der Waals surface area contributed by atoms with E-state index in [2.05, 4.69) is 20.6 Å². The van der Waals surface area contributed by atoms with Gasteiger partial charge in [-0.25, -0.2) is 0 Å². The molecule has 0 aliphatic carbocycles. The monoisotopic (exact) mass is 193 g/mol. The molecule has 14 heavy (non-hydrogen) atoms. The summed E-state index contributed by atoms with van der Waals surface area (Å²) >= 11 is 0. The van der Waals surface area contributed by atoms with Gasteiger partial charge in [-0.15, -0.1) is 0 Å². The summed E-state index contributed by atoms with van der Waals surface area (Å²) in [6, 6.07) is 2.35. The maximum Gasteiger partial charge on any atom is 0.321 e. The fraction of sp³-hybridized carbons (Fsp3) is 0.375. The Morgan fingerprint density at radius 2 is 2.43 bits per heavy atom. The standard InChI is InChI=1S/C8H11N5O/c1-6-10-8(14-12-6)9-5-7-3-4-13(2)11-7/h3-4H,5H2,1-2H3,(H,9,10,12). The second kappa shape index (κ2) is 3.49. The first kappa shape index (κ1) is 8.74. The Balaban J connectivity index is 1.94. The molecule has 74 valence electrons. The highest BCUT2D eigenvalue weighted by atomic mass is 16.5. The number of rotatable bonds is 3. The van der Waals surface area contributed by atoms with Gasteiger partial charge in [0.15, 0.2) is 5.82 Å². The van der Waals surface area contributed by atoms with Gasteiger partial charge < -0.3 is 9.84 Å². The number of aryl methyl sites for hydroxylation is 2. The van der Waals surface area contributed by atoms with Gasteiger partial charge in [0.1, 0.15) is 0 Å². The maximum atomic E-state index is 4.89. The molecule has 0 spiro atoms. The first-order valence-electron chi connectivity index (χ1n) is 4.27. The third-order valence-corrected chi connectivity index (χ3v) is 1.72. The van der Waals surface area contributed by atoms with Crippen molar-refractivity contribution >= 4 is 6.01 Å². The van der Waals surface area contributed by atoms with Crippen LogP contribution >= 0.6 is 0 Å². The lowest BCUT2D eigenvalue weighted by Crippen LogP contribution is -2.01. The van der Waals surface area contributed by atoms with Crippen LogP contribution in [0.3, 0.4) is 0 Å². The fourth-order valence-corrected chi connectivity index (χ4v) is 1.09. The Morgan fingerprint density at radius 3 is 3.00 bits per heavy atom. The van der Waals surface area contributed by atoms with Crippen molar-refractivity contribution in [2.24, 2.45) is 7.05 Å². The molecule has 0 atom stereocenters. The van der Waals surface area contributed by atoms with Gasteiger partial charge in [0.25, 0.3) is 0 Å². The zero-order valence-electron chi connectivity index (χ0n) is 8.06. The summed E-state index contributed by atoms with van der Waals surface area (Å²) in [5.41, 5.74) is 0.934. The minimum atomic E-state index is 0.424. The molecule has 2 aromatic rings. The lowest BCUT2D eigenvalue weighted by Gasteiger charge is -1.95. The van der Waals surface area contributed by atoms with E-state index in [9.17, 15) is 0 Å². The number of anilines is 1. The largest absolute Gasteiger partial charge is 0.332 e. The van der Waals surface area contributed by atoms with Crippen molar-refractivity contribution in [2.45, 2.75) is 13.5 Å². The molecule has 2 heterocycles. The summed E-state index contributed by atoms with van der Waals surface area (Å²) in [6.07, 6.45) is 1.88. The Hall–Kier alpha value is -1.85. The van der Waals surface area contributed by atoms with Crippen LogP contribution in [0.2, 0.25) is 0 Å². The van der Waals surface area contributed by atoms with Crippen LogP contribution in [0.15, 0.2) is 16.8 Å². The van der Waals surface area contributed by atoms with E-state index in [1.165, 1.54) is 0 Å². The minimum absolute atomic E-state index is 0.424. The van der Waals surface area contributed by atoms with E-state index in [0.29, 0.717) is 18.4 Å². The van der Waals surface area contributed by atoms with Crippen molar-refractivity contribution in [2.75, 3.05) is 5.32 Å². The lowest BCUT2D eigenvalue weighted by atomic mass is 10.4. The van der Waals surface area contributed by atoms with Gasteiger partial charge in [-0.05, 0) is 13.0 Å². The first-order chi connectivity index (χ1) is 6.74. The van der Waals surface area contributed by atoms with E-state index >= 15 is 0 Å². The summed E-state index contributed by atoms with van der Waals surface area (Å²) < 4.78 is 6.63. The van der Waals surface area contributed by atoms with Crippen molar-refractivity contribution in [3.05, 3.63) is 23.8 Å². The van der Waals surface area contributed by atoms with Crippen molar-refractivity contribution in [3.8, 4) is 0 Å². The lowest BCUT2D eigenvalue weighted by molar-refractivity contribution is 0.425. The molecule has 0 radical (unpaired) electrons. The second-order valence-electron chi connectivity index (χ2n) is 2.98. The minimum Gasteiger partial charge on any atom is -0.332 e. The highest BCUT2D eigenvalue weighted by molar-refractivity contribution is 5.19. The van der Waals surface area contributed by atoms with E-state index in [-0.39, 0.29) is 0 Å². The summed E-state index contributed by atoms with van der Waals surface area (Å²) in [6.45, 7) is 2.36. The Kier molecular flexibility index (Phi) is 2.18. The fourth-order valence-electron chi connectivity index (χ4n) is 1.09. The molecule has 0 aliphatic rings. The van der Waals surface area contributed by atoms with Gasteiger partial charge in [-0.1, -0.05) is 5.16 Å². The number of hydrogen-bond donors (Lipinski definition) is 1. The molecule has 0 saturated heterocycles. The smallest absolute Gasteiger partial charge is 0.321 e. The average molecular weight is 193 g/mol. The van der Waals surface area contributed by atoms with Gasteiger partial charge in [0.05, 0.1) is 12.2 Å². The van der Waals surface area contributed by atoms with E-state index < -0.39 is 0 Å². The van der Waals surface area contributed by atoms with Crippen LogP contribution in [0.5, 0.6) is 0 Å². The number of aromatic nitrogens is 4. The molecular formula is C8H11N5O. The molecule has 0 aromatic carbocycles. The van der Waals surface area contributed by atoms with Crippen LogP contribution in [0.25, 0.3) is 0 Å². The Labute approximate surface area is 80.9 Å². The van der Waals surface area contributed by atoms with Crippen LogP contribution in [0.4, 0.5) is 6.01 Å². The van der Waals surface area contributed by atoms with Crippen LogP contribution < -0.4 is 5.32 Å². The van der Waals surface area contributed by atoms with E-state index in [1.807, 2.05) is 19.3 Å². The molecule has 2 aromatic heterocycles. The number of nitrogens with zero attached hydrogens (tertiary/aromatic N) is 4. The van der Waals surface area contributed by atoms with E-state index in [1.54, 1.807) is 11.6 Å². The van der Waals surface area contributed by atoms with Crippen LogP contribution in [-0.2, 0) is 13.6 Å². The van der Waals surface area contributed by atoms with E-state index in [0.717, 1.165) is 5.69 Å². The molecule has 0 saturated carbocycles. The van der Waals surface area contributed by atoms with Crippen molar-refractivity contribution in [1.82, 2.24) is 19.9 Å². The summed E-state index contributed by atoms with van der Waals surface area (Å²) in [7, 11) is 1.88. The number of hydrogen-bond acceptors (Lipinski definition) is 5. The molecule has 6 nitrogen and oxygen atoms in total. The predicted molar refractivity (Wildman–Crippen MR) is 49.6 cm³/mol. The molecule has 2 rings (SSSR count). The molecule has 6 heteroatoms. The highest BCUT2D eigenvalue weighted by Gasteiger charge is 2.02. The Morgan fingerprint density at radius 1 is 1.57 bits per heavy atom. The zero-order chi connectivity index (χ0) is 9.97. The quantitative estimate of drug-likeness (QED) is 0.778. The molecule has 0 amide bonds. The van der Waals surface area contributed by atoms with Gasteiger partial charge in [-0.3, -0.25) is 4.68 Å². The maximum absolute atomic E-state index is 4.89. The predicted octanol–water partition coefficient (Wildman–Crippen LogP) is 0.724. The van der Waals surface area contributed by atoms with Gasteiger partial charge in [0, 0.05) is 13.2 Å². The molecule has 0 fully saturated rings. The number of nitrogens with one attached hydrogen (secondary N) is 1. The summed E-state index contributed by atoms with van der Waals surface area (Å²) in [5.74, 6) is 0.619. The summed E-state index contributed by atoms with van der Waals surface area (Å²) in [4.78, 5) is 4.01. The normalized spacial score (nSPS) is 10.4. The molecule has 1 N–H and O–H groups in total. The third-order valence-electron chi connectivity index (χ3n) is 1.72. The SMILES string of the molecule is Cc1noc(NCc2ccn(C)n2)n1. The van der Waals surface area contributed by atoms with Gasteiger partial charge >= 0.3 is 6.01 Å². The highest BCUT2D eigenvalue weighted by Crippen LogP contribution is 2.04. The summed E-state index contributed by atoms with van der Waals surface area (Å²) in [5, 5.41) is 10.8. The third kappa shape index (κ3) is 1.90. The molecule has 0 bridgehead atoms. The topological polar surface area (TPSA) is 68.8 Å². The molecule has 0 unspecified atom stereocenters. The van der Waals surface area contributed by atoms with Crippen molar-refractivity contribution < 1.29 is 4.52 Å². The van der Waals surface area contributed by atoms with E-state index in [4.69, 9.17) is 4.52 Å². The van der Waals surface area contributed by atoms with Crippen molar-refractivity contribution in [1.29, 1.82) is 0 Å². The van der Waals surface area contributed by atoms with Gasteiger partial charge in [0.2, 0.25) is 0 Å². The Bertz CT molecular complexity index is 379.